The molecule has 32 heavy (non-hydrogen) atoms. The number of carbonyl (C=O) groups is 2. The molecule has 4 rings (SSSR count). The lowest BCUT2D eigenvalue weighted by atomic mass is 9.80. The molecule has 0 spiro atoms. The summed E-state index contributed by atoms with van der Waals surface area (Å²) in [6.45, 7) is 0.647. The fraction of sp³-hybridized carbons (Fsp3) is 0.280. The van der Waals surface area contributed by atoms with Gasteiger partial charge in [-0.1, -0.05) is 42.5 Å². The molecule has 1 fully saturated rings. The molecule has 7 heteroatoms. The second kappa shape index (κ2) is 9.44. The minimum absolute atomic E-state index is 0.154. The van der Waals surface area contributed by atoms with Crippen LogP contribution < -0.4 is 9.80 Å². The number of esters is 2. The molecule has 0 bridgehead atoms. The summed E-state index contributed by atoms with van der Waals surface area (Å²) in [5, 5.41) is 2.01. The molecule has 0 amide bonds. The third kappa shape index (κ3) is 4.08. The van der Waals surface area contributed by atoms with Crippen LogP contribution in [0, 0.1) is 5.41 Å². The van der Waals surface area contributed by atoms with Crippen LogP contribution >= 0.6 is 11.3 Å². The Bertz CT molecular complexity index is 1020. The Labute approximate surface area is 192 Å². The molecule has 1 unspecified atom stereocenters. The molecule has 1 saturated heterocycles. The quantitative estimate of drug-likeness (QED) is 0.422. The molecule has 1 aliphatic heterocycles. The van der Waals surface area contributed by atoms with Gasteiger partial charge in [-0.05, 0) is 35.7 Å². The molecule has 6 nitrogen and oxygen atoms in total. The molecule has 2 heterocycles. The van der Waals surface area contributed by atoms with Gasteiger partial charge in [0.2, 0.25) is 0 Å². The number of methoxy groups -OCH3 is 2. The molecular weight excluding hydrogens is 424 g/mol. The van der Waals surface area contributed by atoms with Crippen molar-refractivity contribution in [1.82, 2.24) is 0 Å². The molecular formula is C25H26N2O4S. The van der Waals surface area contributed by atoms with Crippen molar-refractivity contribution < 1.29 is 19.1 Å². The zero-order valence-electron chi connectivity index (χ0n) is 18.1. The van der Waals surface area contributed by atoms with Gasteiger partial charge in [-0.25, -0.2) is 0 Å². The van der Waals surface area contributed by atoms with Gasteiger partial charge < -0.3 is 19.3 Å². The minimum atomic E-state index is -1.47. The van der Waals surface area contributed by atoms with Gasteiger partial charge in [0.05, 0.1) is 26.9 Å². The zero-order chi connectivity index (χ0) is 22.6. The van der Waals surface area contributed by atoms with E-state index in [1.54, 1.807) is 11.3 Å². The molecule has 1 atom stereocenters. The van der Waals surface area contributed by atoms with Crippen LogP contribution in [0.1, 0.15) is 17.3 Å². The SMILES string of the molecule is COC(=O)C1(C(=O)OC)CC(c2cccs2)N(c2ccccc2)CN(c2ccccc2)C1. The lowest BCUT2D eigenvalue weighted by Gasteiger charge is -2.35. The maximum absolute atomic E-state index is 13.2. The molecule has 0 aliphatic carbocycles. The van der Waals surface area contributed by atoms with E-state index in [0.717, 1.165) is 16.3 Å². The predicted molar refractivity (Wildman–Crippen MR) is 126 cm³/mol. The summed E-state index contributed by atoms with van der Waals surface area (Å²) in [4.78, 5) is 31.8. The Morgan fingerprint density at radius 3 is 2.00 bits per heavy atom. The zero-order valence-corrected chi connectivity index (χ0v) is 19.0. The summed E-state index contributed by atoms with van der Waals surface area (Å²) in [6.07, 6.45) is 0.241. The molecule has 1 aliphatic rings. The summed E-state index contributed by atoms with van der Waals surface area (Å²) < 4.78 is 10.4. The first-order valence-corrected chi connectivity index (χ1v) is 11.3. The monoisotopic (exact) mass is 450 g/mol. The van der Waals surface area contributed by atoms with Crippen molar-refractivity contribution >= 4 is 34.7 Å². The maximum Gasteiger partial charge on any atom is 0.325 e. The van der Waals surface area contributed by atoms with Crippen molar-refractivity contribution in [3.8, 4) is 0 Å². The van der Waals surface area contributed by atoms with Crippen molar-refractivity contribution in [3.63, 3.8) is 0 Å². The minimum Gasteiger partial charge on any atom is -0.468 e. The van der Waals surface area contributed by atoms with Crippen LogP contribution in [-0.2, 0) is 19.1 Å². The molecule has 166 valence electrons. The number of para-hydroxylation sites is 2. The summed E-state index contributed by atoms with van der Waals surface area (Å²) in [7, 11) is 2.64. The first-order valence-electron chi connectivity index (χ1n) is 10.4. The number of carbonyl (C=O) groups excluding carboxylic acids is 2. The maximum atomic E-state index is 13.2. The van der Waals surface area contributed by atoms with Crippen LogP contribution in [0.2, 0.25) is 0 Å². The van der Waals surface area contributed by atoms with Gasteiger partial charge in [0.15, 0.2) is 5.41 Å². The van der Waals surface area contributed by atoms with E-state index in [0.29, 0.717) is 6.67 Å². The number of nitrogens with zero attached hydrogens (tertiary/aromatic N) is 2. The highest BCUT2D eigenvalue weighted by Crippen LogP contribution is 2.44. The van der Waals surface area contributed by atoms with Crippen LogP contribution in [-0.4, -0.2) is 39.4 Å². The summed E-state index contributed by atoms with van der Waals surface area (Å²) in [5.41, 5.74) is 0.451. The van der Waals surface area contributed by atoms with Crippen LogP contribution in [0.25, 0.3) is 0 Å². The highest BCUT2D eigenvalue weighted by molar-refractivity contribution is 7.10. The van der Waals surface area contributed by atoms with Crippen LogP contribution in [0.5, 0.6) is 0 Å². The number of hydrogen-bond donors (Lipinski definition) is 0. The molecule has 0 N–H and O–H groups in total. The van der Waals surface area contributed by atoms with Crippen molar-refractivity contribution in [2.45, 2.75) is 12.5 Å². The standard InChI is InChI=1S/C25H26N2O4S/c1-30-23(28)25(24(29)31-2)16-21(22-14-9-15-32-22)27(20-12-7-4-8-13-20)18-26(17-25)19-10-5-3-6-11-19/h3-15,21H,16-18H2,1-2H3. The highest BCUT2D eigenvalue weighted by Gasteiger charge is 2.54. The number of benzene rings is 2. The lowest BCUT2D eigenvalue weighted by Crippen LogP contribution is -2.49. The Morgan fingerprint density at radius 1 is 0.875 bits per heavy atom. The Morgan fingerprint density at radius 2 is 1.47 bits per heavy atom. The normalized spacial score (nSPS) is 18.0. The van der Waals surface area contributed by atoms with Crippen LogP contribution in [0.4, 0.5) is 11.4 Å². The number of anilines is 2. The van der Waals surface area contributed by atoms with Crippen LogP contribution in [0.15, 0.2) is 78.2 Å². The van der Waals surface area contributed by atoms with E-state index in [4.69, 9.17) is 9.47 Å². The molecule has 3 aromatic rings. The van der Waals surface area contributed by atoms with E-state index in [-0.39, 0.29) is 19.0 Å². The average Bonchev–Trinajstić information content (AvgIpc) is 3.32. The Hall–Kier alpha value is -3.32. The van der Waals surface area contributed by atoms with Crippen molar-refractivity contribution in [2.24, 2.45) is 5.41 Å². The molecule has 0 saturated carbocycles. The van der Waals surface area contributed by atoms with Gasteiger partial charge in [0.1, 0.15) is 0 Å². The third-order valence-corrected chi connectivity index (χ3v) is 6.91. The topological polar surface area (TPSA) is 59.1 Å². The second-order valence-electron chi connectivity index (χ2n) is 7.78. The number of hydrogen-bond acceptors (Lipinski definition) is 7. The fourth-order valence-electron chi connectivity index (χ4n) is 4.36. The molecule has 2 aromatic carbocycles. The van der Waals surface area contributed by atoms with Gasteiger partial charge in [-0.15, -0.1) is 11.3 Å². The van der Waals surface area contributed by atoms with E-state index < -0.39 is 17.4 Å². The van der Waals surface area contributed by atoms with E-state index in [1.165, 1.54) is 14.2 Å². The van der Waals surface area contributed by atoms with Gasteiger partial charge in [-0.3, -0.25) is 9.59 Å². The van der Waals surface area contributed by atoms with Gasteiger partial charge in [0.25, 0.3) is 0 Å². The first kappa shape index (κ1) is 21.9. The lowest BCUT2D eigenvalue weighted by molar-refractivity contribution is -0.169. The second-order valence-corrected chi connectivity index (χ2v) is 8.76. The molecule has 1 aromatic heterocycles. The highest BCUT2D eigenvalue weighted by atomic mass is 32.1. The number of ether oxygens (including phenoxy) is 2. The third-order valence-electron chi connectivity index (χ3n) is 5.93. The van der Waals surface area contributed by atoms with Crippen LogP contribution in [0.3, 0.4) is 0 Å². The van der Waals surface area contributed by atoms with Crippen molar-refractivity contribution in [3.05, 3.63) is 83.1 Å². The first-order chi connectivity index (χ1) is 15.6. The van der Waals surface area contributed by atoms with E-state index in [2.05, 4.69) is 9.80 Å². The van der Waals surface area contributed by atoms with E-state index >= 15 is 0 Å². The number of thiophene rings is 1. The van der Waals surface area contributed by atoms with Gasteiger partial charge >= 0.3 is 11.9 Å². The molecule has 0 radical (unpaired) electrons. The van der Waals surface area contributed by atoms with Gasteiger partial charge in [0, 0.05) is 29.2 Å². The summed E-state index contributed by atoms with van der Waals surface area (Å²) in [6, 6.07) is 23.7. The summed E-state index contributed by atoms with van der Waals surface area (Å²) >= 11 is 1.61. The number of rotatable bonds is 5. The predicted octanol–water partition coefficient (Wildman–Crippen LogP) is 4.50. The largest absolute Gasteiger partial charge is 0.468 e. The van der Waals surface area contributed by atoms with Crippen molar-refractivity contribution in [1.29, 1.82) is 0 Å². The van der Waals surface area contributed by atoms with Crippen molar-refractivity contribution in [2.75, 3.05) is 37.2 Å². The average molecular weight is 451 g/mol. The fourth-order valence-corrected chi connectivity index (χ4v) is 5.20. The van der Waals surface area contributed by atoms with E-state index in [9.17, 15) is 9.59 Å². The Balaban J connectivity index is 1.90. The smallest absolute Gasteiger partial charge is 0.325 e. The van der Waals surface area contributed by atoms with E-state index in [1.807, 2.05) is 78.2 Å². The summed E-state index contributed by atoms with van der Waals surface area (Å²) in [5.74, 6) is -1.16. The Kier molecular flexibility index (Phi) is 6.46. The van der Waals surface area contributed by atoms with Gasteiger partial charge in [-0.2, -0.15) is 0 Å².